The van der Waals surface area contributed by atoms with Crippen molar-refractivity contribution in [3.8, 4) is 5.75 Å². The van der Waals surface area contributed by atoms with E-state index in [0.717, 1.165) is 79.8 Å². The van der Waals surface area contributed by atoms with Crippen LogP contribution in [0.15, 0.2) is 54.6 Å². The molecule has 2 aromatic carbocycles. The normalized spacial score (nSPS) is 19.7. The SMILES string of the molecule is COc1ccc2nc(N3CCCC(C(=O)N4CCN(C/C=C/c5ccccc5)CC4)C3)sc2c1. The number of fused-ring (bicyclic) bond motifs is 1. The van der Waals surface area contributed by atoms with E-state index in [9.17, 15) is 4.79 Å². The van der Waals surface area contributed by atoms with Gasteiger partial charge in [-0.1, -0.05) is 53.8 Å². The van der Waals surface area contributed by atoms with Crippen molar-refractivity contribution in [2.75, 3.05) is 57.8 Å². The van der Waals surface area contributed by atoms with Crippen LogP contribution in [0.2, 0.25) is 0 Å². The molecule has 2 saturated heterocycles. The maximum absolute atomic E-state index is 13.3. The molecule has 7 heteroatoms. The molecule has 0 radical (unpaired) electrons. The molecule has 5 rings (SSSR count). The quantitative estimate of drug-likeness (QED) is 0.529. The van der Waals surface area contributed by atoms with Crippen molar-refractivity contribution in [1.82, 2.24) is 14.8 Å². The number of anilines is 1. The lowest BCUT2D eigenvalue weighted by Crippen LogP contribution is -2.52. The third-order valence-electron chi connectivity index (χ3n) is 6.78. The van der Waals surface area contributed by atoms with Crippen molar-refractivity contribution in [1.29, 1.82) is 0 Å². The number of hydrogen-bond acceptors (Lipinski definition) is 6. The van der Waals surface area contributed by atoms with Gasteiger partial charge in [0, 0.05) is 45.8 Å². The molecule has 3 heterocycles. The topological polar surface area (TPSA) is 48.9 Å². The summed E-state index contributed by atoms with van der Waals surface area (Å²) in [5.41, 5.74) is 2.22. The summed E-state index contributed by atoms with van der Waals surface area (Å²) in [6, 6.07) is 16.4. The van der Waals surface area contributed by atoms with Gasteiger partial charge in [0.05, 0.1) is 23.2 Å². The average molecular weight is 477 g/mol. The number of ether oxygens (including phenoxy) is 1. The smallest absolute Gasteiger partial charge is 0.227 e. The van der Waals surface area contributed by atoms with E-state index < -0.39 is 0 Å². The molecule has 2 fully saturated rings. The van der Waals surface area contributed by atoms with Crippen LogP contribution in [0.25, 0.3) is 16.3 Å². The van der Waals surface area contributed by atoms with Gasteiger partial charge in [0.15, 0.2) is 5.13 Å². The van der Waals surface area contributed by atoms with Gasteiger partial charge in [0.25, 0.3) is 0 Å². The fourth-order valence-corrected chi connectivity index (χ4v) is 5.85. The predicted octanol–water partition coefficient (Wildman–Crippen LogP) is 4.38. The Morgan fingerprint density at radius 3 is 2.74 bits per heavy atom. The van der Waals surface area contributed by atoms with E-state index in [1.807, 2.05) is 24.3 Å². The maximum atomic E-state index is 13.3. The summed E-state index contributed by atoms with van der Waals surface area (Å²) in [7, 11) is 1.69. The van der Waals surface area contributed by atoms with Gasteiger partial charge in [-0.05, 0) is 36.6 Å². The molecular weight excluding hydrogens is 444 g/mol. The van der Waals surface area contributed by atoms with E-state index >= 15 is 0 Å². The Labute approximate surface area is 205 Å². The lowest BCUT2D eigenvalue weighted by atomic mass is 9.96. The molecule has 0 aliphatic carbocycles. The van der Waals surface area contributed by atoms with Crippen molar-refractivity contribution in [3.05, 3.63) is 60.2 Å². The highest BCUT2D eigenvalue weighted by atomic mass is 32.1. The van der Waals surface area contributed by atoms with Crippen LogP contribution in [0, 0.1) is 5.92 Å². The maximum Gasteiger partial charge on any atom is 0.227 e. The molecule has 1 aromatic heterocycles. The van der Waals surface area contributed by atoms with Crippen LogP contribution < -0.4 is 9.64 Å². The van der Waals surface area contributed by atoms with Crippen LogP contribution in [-0.4, -0.2) is 73.6 Å². The molecule has 1 amide bonds. The monoisotopic (exact) mass is 476 g/mol. The first kappa shape index (κ1) is 22.9. The number of aromatic nitrogens is 1. The number of piperidine rings is 1. The third-order valence-corrected chi connectivity index (χ3v) is 7.86. The number of carbonyl (C=O) groups is 1. The summed E-state index contributed by atoms with van der Waals surface area (Å²) in [5, 5.41) is 1.01. The van der Waals surface area contributed by atoms with Crippen LogP contribution in [0.1, 0.15) is 18.4 Å². The van der Waals surface area contributed by atoms with Gasteiger partial charge in [-0.15, -0.1) is 0 Å². The van der Waals surface area contributed by atoms with Gasteiger partial charge in [-0.2, -0.15) is 0 Å². The Hall–Kier alpha value is -2.90. The first-order valence-electron chi connectivity index (χ1n) is 12.1. The zero-order valence-electron chi connectivity index (χ0n) is 19.7. The van der Waals surface area contributed by atoms with Crippen molar-refractivity contribution < 1.29 is 9.53 Å². The first-order valence-corrected chi connectivity index (χ1v) is 12.9. The number of amides is 1. The summed E-state index contributed by atoms with van der Waals surface area (Å²) >= 11 is 1.69. The minimum Gasteiger partial charge on any atom is -0.497 e. The third kappa shape index (κ3) is 5.26. The molecule has 2 aliphatic heterocycles. The average Bonchev–Trinajstić information content (AvgIpc) is 3.33. The number of rotatable bonds is 6. The number of thiazole rings is 1. The van der Waals surface area contributed by atoms with Crippen LogP contribution in [0.4, 0.5) is 5.13 Å². The summed E-state index contributed by atoms with van der Waals surface area (Å²) in [5.74, 6) is 1.22. The van der Waals surface area contributed by atoms with Gasteiger partial charge in [0.1, 0.15) is 5.75 Å². The van der Waals surface area contributed by atoms with Gasteiger partial charge in [-0.3, -0.25) is 9.69 Å². The van der Waals surface area contributed by atoms with E-state index in [1.165, 1.54) is 5.56 Å². The van der Waals surface area contributed by atoms with E-state index in [4.69, 9.17) is 9.72 Å². The summed E-state index contributed by atoms with van der Waals surface area (Å²) in [6.07, 6.45) is 6.39. The van der Waals surface area contributed by atoms with E-state index in [1.54, 1.807) is 18.4 Å². The van der Waals surface area contributed by atoms with Crippen LogP contribution in [-0.2, 0) is 4.79 Å². The molecule has 0 spiro atoms. The van der Waals surface area contributed by atoms with Gasteiger partial charge < -0.3 is 14.5 Å². The van der Waals surface area contributed by atoms with Crippen molar-refractivity contribution in [3.63, 3.8) is 0 Å². The fourth-order valence-electron chi connectivity index (χ4n) is 4.82. The second kappa shape index (κ2) is 10.6. The van der Waals surface area contributed by atoms with Crippen molar-refractivity contribution in [2.45, 2.75) is 12.8 Å². The number of methoxy groups -OCH3 is 1. The second-order valence-corrected chi connectivity index (χ2v) is 10.1. The van der Waals surface area contributed by atoms with Crippen molar-refractivity contribution in [2.24, 2.45) is 5.92 Å². The Kier molecular flexibility index (Phi) is 7.11. The minimum absolute atomic E-state index is 0.0554. The van der Waals surface area contributed by atoms with Crippen LogP contribution in [0.5, 0.6) is 5.75 Å². The Bertz CT molecular complexity index is 1140. The highest BCUT2D eigenvalue weighted by Gasteiger charge is 2.31. The molecule has 6 nitrogen and oxygen atoms in total. The molecule has 0 saturated carbocycles. The van der Waals surface area contributed by atoms with Crippen molar-refractivity contribution >= 4 is 38.7 Å². The number of nitrogens with zero attached hydrogens (tertiary/aromatic N) is 4. The zero-order valence-corrected chi connectivity index (χ0v) is 20.5. The lowest BCUT2D eigenvalue weighted by Gasteiger charge is -2.38. The lowest BCUT2D eigenvalue weighted by molar-refractivity contribution is -0.137. The van der Waals surface area contributed by atoms with Crippen LogP contribution in [0.3, 0.4) is 0 Å². The molecule has 3 aromatic rings. The van der Waals surface area contributed by atoms with E-state index in [2.05, 4.69) is 51.1 Å². The summed E-state index contributed by atoms with van der Waals surface area (Å²) in [6.45, 7) is 6.14. The second-order valence-electron chi connectivity index (χ2n) is 9.05. The summed E-state index contributed by atoms with van der Waals surface area (Å²) < 4.78 is 6.48. The molecule has 1 atom stereocenters. The minimum atomic E-state index is 0.0554. The van der Waals surface area contributed by atoms with E-state index in [0.29, 0.717) is 5.91 Å². The van der Waals surface area contributed by atoms with Gasteiger partial charge >= 0.3 is 0 Å². The summed E-state index contributed by atoms with van der Waals surface area (Å²) in [4.78, 5) is 25.0. The number of carbonyl (C=O) groups excluding carboxylic acids is 1. The molecule has 0 N–H and O–H groups in total. The number of benzene rings is 2. The fraction of sp³-hybridized carbons (Fsp3) is 0.407. The first-order chi connectivity index (χ1) is 16.7. The molecule has 34 heavy (non-hydrogen) atoms. The Morgan fingerprint density at radius 1 is 1.12 bits per heavy atom. The number of hydrogen-bond donors (Lipinski definition) is 0. The Balaban J connectivity index is 1.14. The molecule has 1 unspecified atom stereocenters. The molecular formula is C27H32N4O2S. The van der Waals surface area contributed by atoms with Gasteiger partial charge in [-0.25, -0.2) is 4.98 Å². The number of piperazine rings is 1. The molecule has 0 bridgehead atoms. The highest BCUT2D eigenvalue weighted by molar-refractivity contribution is 7.22. The standard InChI is InChI=1S/C27H32N4O2S/c1-33-23-11-12-24-25(19-23)34-27(28-24)31-14-6-10-22(20-31)26(32)30-17-15-29(16-18-30)13-5-9-21-7-3-2-4-8-21/h2-5,7-9,11-12,19,22H,6,10,13-18,20H2,1H3/b9-5+. The molecule has 178 valence electrons. The largest absolute Gasteiger partial charge is 0.497 e. The Morgan fingerprint density at radius 2 is 1.94 bits per heavy atom. The van der Waals surface area contributed by atoms with Crippen LogP contribution >= 0.6 is 11.3 Å². The predicted molar refractivity (Wildman–Crippen MR) is 140 cm³/mol. The zero-order chi connectivity index (χ0) is 23.3. The van der Waals surface area contributed by atoms with Gasteiger partial charge in [0.2, 0.25) is 5.91 Å². The van der Waals surface area contributed by atoms with E-state index in [-0.39, 0.29) is 5.92 Å². The highest BCUT2D eigenvalue weighted by Crippen LogP contribution is 2.33. The molecule has 2 aliphatic rings.